The maximum absolute atomic E-state index is 4.75. The molecule has 1 aliphatic heterocycles. The Morgan fingerprint density at radius 3 is 2.56 bits per heavy atom. The summed E-state index contributed by atoms with van der Waals surface area (Å²) in [5.74, 6) is 0.972. The first kappa shape index (κ1) is 22.5. The maximum Gasteiger partial charge on any atom is 0.191 e. The van der Waals surface area contributed by atoms with Crippen LogP contribution < -0.4 is 15.5 Å². The second-order valence-electron chi connectivity index (χ2n) is 6.14. The summed E-state index contributed by atoms with van der Waals surface area (Å²) in [6, 6.07) is 4.88. The number of piperidine rings is 1. The summed E-state index contributed by atoms with van der Waals surface area (Å²) in [4.78, 5) is 9.66. The van der Waals surface area contributed by atoms with Crippen LogP contribution in [0.2, 0.25) is 0 Å². The molecule has 0 aromatic carbocycles. The van der Waals surface area contributed by atoms with Gasteiger partial charge in [0, 0.05) is 32.2 Å². The number of nitrogens with zero attached hydrogens (tertiary/aromatic N) is 3. The van der Waals surface area contributed by atoms with Crippen LogP contribution in [0.3, 0.4) is 0 Å². The quantitative estimate of drug-likeness (QED) is 0.342. The SMILES string of the molecule is CCNC(=NCCN(CC)CC)NC1CCN(c2cccs2)CC1.I. The maximum atomic E-state index is 4.75. The molecule has 2 N–H and O–H groups in total. The van der Waals surface area contributed by atoms with Crippen molar-refractivity contribution in [2.24, 2.45) is 4.99 Å². The monoisotopic (exact) mass is 479 g/mol. The Morgan fingerprint density at radius 1 is 1.28 bits per heavy atom. The molecule has 0 atom stereocenters. The van der Waals surface area contributed by atoms with Crippen molar-refractivity contribution in [2.75, 3.05) is 50.7 Å². The van der Waals surface area contributed by atoms with Gasteiger partial charge in [0.15, 0.2) is 5.96 Å². The minimum atomic E-state index is 0. The van der Waals surface area contributed by atoms with Gasteiger partial charge in [-0.25, -0.2) is 0 Å². The summed E-state index contributed by atoms with van der Waals surface area (Å²) in [7, 11) is 0. The standard InChI is InChI=1S/C18H33N5S.HI/c1-4-19-18(20-11-14-22(5-2)6-3)21-16-9-12-23(13-10-16)17-8-7-15-24-17;/h7-8,15-16H,4-6,9-14H2,1-3H3,(H2,19,20,21);1H. The predicted octanol–water partition coefficient (Wildman–Crippen LogP) is 3.23. The van der Waals surface area contributed by atoms with E-state index in [0.29, 0.717) is 6.04 Å². The Morgan fingerprint density at radius 2 is 2.00 bits per heavy atom. The van der Waals surface area contributed by atoms with Gasteiger partial charge in [-0.1, -0.05) is 13.8 Å². The normalized spacial score (nSPS) is 16.0. The fourth-order valence-electron chi connectivity index (χ4n) is 3.05. The number of hydrogen-bond acceptors (Lipinski definition) is 4. The number of nitrogens with one attached hydrogen (secondary N) is 2. The van der Waals surface area contributed by atoms with E-state index in [1.165, 1.54) is 17.8 Å². The van der Waals surface area contributed by atoms with Gasteiger partial charge in [-0.15, -0.1) is 35.3 Å². The topological polar surface area (TPSA) is 42.9 Å². The van der Waals surface area contributed by atoms with E-state index in [2.05, 4.69) is 58.7 Å². The van der Waals surface area contributed by atoms with Crippen molar-refractivity contribution in [1.82, 2.24) is 15.5 Å². The summed E-state index contributed by atoms with van der Waals surface area (Å²) in [5.41, 5.74) is 0. The van der Waals surface area contributed by atoms with E-state index in [4.69, 9.17) is 4.99 Å². The molecular formula is C18H34IN5S. The summed E-state index contributed by atoms with van der Waals surface area (Å²) in [5, 5.41) is 10.6. The van der Waals surface area contributed by atoms with Crippen molar-refractivity contribution < 1.29 is 0 Å². The molecule has 1 fully saturated rings. The van der Waals surface area contributed by atoms with Crippen LogP contribution >= 0.6 is 35.3 Å². The molecule has 5 nitrogen and oxygen atoms in total. The first-order valence-corrected chi connectivity index (χ1v) is 10.2. The molecular weight excluding hydrogens is 445 g/mol. The molecule has 7 heteroatoms. The van der Waals surface area contributed by atoms with Crippen LogP contribution in [-0.4, -0.2) is 62.7 Å². The van der Waals surface area contributed by atoms with Gasteiger partial charge in [0.25, 0.3) is 0 Å². The fourth-order valence-corrected chi connectivity index (χ4v) is 3.84. The summed E-state index contributed by atoms with van der Waals surface area (Å²) < 4.78 is 0. The molecule has 1 aliphatic rings. The highest BCUT2D eigenvalue weighted by Gasteiger charge is 2.20. The van der Waals surface area contributed by atoms with Crippen molar-refractivity contribution in [3.05, 3.63) is 17.5 Å². The van der Waals surface area contributed by atoms with Gasteiger partial charge in [-0.05, 0) is 50.4 Å². The van der Waals surface area contributed by atoms with Crippen LogP contribution in [0.25, 0.3) is 0 Å². The lowest BCUT2D eigenvalue weighted by Gasteiger charge is -2.33. The van der Waals surface area contributed by atoms with Crippen molar-refractivity contribution in [3.8, 4) is 0 Å². The first-order chi connectivity index (χ1) is 11.8. The zero-order chi connectivity index (χ0) is 17.2. The molecule has 0 aliphatic carbocycles. The number of guanidine groups is 1. The summed E-state index contributed by atoms with van der Waals surface area (Å²) in [6.07, 6.45) is 2.33. The molecule has 144 valence electrons. The number of halogens is 1. The van der Waals surface area contributed by atoms with Crippen LogP contribution in [0.5, 0.6) is 0 Å². The Kier molecular flexibility index (Phi) is 11.5. The number of anilines is 1. The number of rotatable bonds is 8. The summed E-state index contributed by atoms with van der Waals surface area (Å²) >= 11 is 1.84. The van der Waals surface area contributed by atoms with E-state index in [9.17, 15) is 0 Å². The first-order valence-electron chi connectivity index (χ1n) is 9.32. The van der Waals surface area contributed by atoms with Gasteiger partial charge in [-0.3, -0.25) is 4.99 Å². The van der Waals surface area contributed by atoms with Crippen LogP contribution in [0, 0.1) is 0 Å². The smallest absolute Gasteiger partial charge is 0.191 e. The molecule has 0 bridgehead atoms. The van der Waals surface area contributed by atoms with Crippen molar-refractivity contribution in [1.29, 1.82) is 0 Å². The number of likely N-dealkylation sites (N-methyl/N-ethyl adjacent to an activating group) is 1. The van der Waals surface area contributed by atoms with Gasteiger partial charge in [0.05, 0.1) is 11.5 Å². The zero-order valence-electron chi connectivity index (χ0n) is 15.8. The zero-order valence-corrected chi connectivity index (χ0v) is 19.0. The highest BCUT2D eigenvalue weighted by atomic mass is 127. The summed E-state index contributed by atoms with van der Waals surface area (Å²) in [6.45, 7) is 13.8. The van der Waals surface area contributed by atoms with E-state index in [1.54, 1.807) is 0 Å². The van der Waals surface area contributed by atoms with Crippen LogP contribution in [0.1, 0.15) is 33.6 Å². The molecule has 0 radical (unpaired) electrons. The Hall–Kier alpha value is -0.540. The van der Waals surface area contributed by atoms with E-state index in [1.807, 2.05) is 11.3 Å². The van der Waals surface area contributed by atoms with Crippen molar-refractivity contribution in [2.45, 2.75) is 39.7 Å². The Bertz CT molecular complexity index is 468. The minimum absolute atomic E-state index is 0. The Labute approximate surface area is 174 Å². The van der Waals surface area contributed by atoms with E-state index in [-0.39, 0.29) is 24.0 Å². The third-order valence-corrected chi connectivity index (χ3v) is 5.51. The van der Waals surface area contributed by atoms with E-state index < -0.39 is 0 Å². The van der Waals surface area contributed by atoms with E-state index >= 15 is 0 Å². The molecule has 0 saturated carbocycles. The third-order valence-electron chi connectivity index (χ3n) is 4.58. The molecule has 0 amide bonds. The van der Waals surface area contributed by atoms with Crippen molar-refractivity contribution >= 4 is 46.3 Å². The lowest BCUT2D eigenvalue weighted by molar-refractivity contribution is 0.312. The lowest BCUT2D eigenvalue weighted by atomic mass is 10.1. The van der Waals surface area contributed by atoms with Gasteiger partial charge in [0.1, 0.15) is 0 Å². The van der Waals surface area contributed by atoms with Gasteiger partial charge < -0.3 is 20.4 Å². The molecule has 2 heterocycles. The van der Waals surface area contributed by atoms with Gasteiger partial charge in [-0.2, -0.15) is 0 Å². The average molecular weight is 479 g/mol. The molecule has 1 aromatic heterocycles. The molecule has 0 spiro atoms. The average Bonchev–Trinajstić information content (AvgIpc) is 3.14. The predicted molar refractivity (Wildman–Crippen MR) is 122 cm³/mol. The van der Waals surface area contributed by atoms with Crippen LogP contribution in [-0.2, 0) is 0 Å². The number of hydrogen-bond donors (Lipinski definition) is 2. The highest BCUT2D eigenvalue weighted by Crippen LogP contribution is 2.24. The molecule has 25 heavy (non-hydrogen) atoms. The Balaban J connectivity index is 0.00000312. The molecule has 2 rings (SSSR count). The minimum Gasteiger partial charge on any atom is -0.363 e. The van der Waals surface area contributed by atoms with Crippen LogP contribution in [0.15, 0.2) is 22.5 Å². The van der Waals surface area contributed by atoms with Gasteiger partial charge in [0.2, 0.25) is 0 Å². The second-order valence-corrected chi connectivity index (χ2v) is 7.07. The largest absolute Gasteiger partial charge is 0.363 e. The number of aliphatic imine (C=N–C) groups is 1. The highest BCUT2D eigenvalue weighted by molar-refractivity contribution is 14.0. The second kappa shape index (κ2) is 12.8. The molecule has 0 unspecified atom stereocenters. The lowest BCUT2D eigenvalue weighted by Crippen LogP contribution is -2.48. The third kappa shape index (κ3) is 7.70. The van der Waals surface area contributed by atoms with Crippen molar-refractivity contribution in [3.63, 3.8) is 0 Å². The molecule has 1 aromatic rings. The van der Waals surface area contributed by atoms with Gasteiger partial charge >= 0.3 is 0 Å². The number of thiophene rings is 1. The fraction of sp³-hybridized carbons (Fsp3) is 0.722. The van der Waals surface area contributed by atoms with E-state index in [0.717, 1.165) is 51.8 Å². The molecule has 1 saturated heterocycles. The van der Waals surface area contributed by atoms with Crippen LogP contribution in [0.4, 0.5) is 5.00 Å².